The summed E-state index contributed by atoms with van der Waals surface area (Å²) in [5.74, 6) is 0.675. The van der Waals surface area contributed by atoms with Gasteiger partial charge in [-0.3, -0.25) is 4.79 Å². The first kappa shape index (κ1) is 19.7. The Hall–Kier alpha value is -1.64. The topological polar surface area (TPSA) is 84.9 Å². The molecule has 1 heterocycles. The predicted molar refractivity (Wildman–Crippen MR) is 94.1 cm³/mol. The number of sulfonamides is 1. The molecular formula is C17H26N2O5S. The SMILES string of the molecule is Cc1cc(S(=O)(=O)N2CCOCC2)ccc1OCC(=O)NCC(C)C. The monoisotopic (exact) mass is 370 g/mol. The number of benzene rings is 1. The average molecular weight is 370 g/mol. The standard InChI is InChI=1S/C17H26N2O5S/c1-13(2)11-18-17(20)12-24-16-5-4-15(10-14(16)3)25(21,22)19-6-8-23-9-7-19/h4-5,10,13H,6-9,11-12H2,1-3H3,(H,18,20). The molecule has 1 aromatic carbocycles. The number of hydrogen-bond acceptors (Lipinski definition) is 5. The molecule has 8 heteroatoms. The maximum absolute atomic E-state index is 12.6. The van der Waals surface area contributed by atoms with Gasteiger partial charge in [0, 0.05) is 19.6 Å². The number of morpholine rings is 1. The zero-order valence-corrected chi connectivity index (χ0v) is 15.8. The lowest BCUT2D eigenvalue weighted by Gasteiger charge is -2.26. The minimum atomic E-state index is -3.53. The number of nitrogens with one attached hydrogen (secondary N) is 1. The second kappa shape index (κ2) is 8.64. The molecule has 1 aliphatic rings. The number of nitrogens with zero attached hydrogens (tertiary/aromatic N) is 1. The van der Waals surface area contributed by atoms with Crippen LogP contribution in [0.4, 0.5) is 0 Å². The van der Waals surface area contributed by atoms with Crippen LogP contribution in [0.3, 0.4) is 0 Å². The first-order chi connectivity index (χ1) is 11.8. The zero-order chi connectivity index (χ0) is 18.4. The van der Waals surface area contributed by atoms with Gasteiger partial charge in [-0.2, -0.15) is 4.31 Å². The van der Waals surface area contributed by atoms with Gasteiger partial charge in [-0.25, -0.2) is 8.42 Å². The summed E-state index contributed by atoms with van der Waals surface area (Å²) in [6, 6.07) is 4.68. The van der Waals surface area contributed by atoms with Gasteiger partial charge in [-0.1, -0.05) is 13.8 Å². The molecule has 1 aliphatic heterocycles. The number of amides is 1. The summed E-state index contributed by atoms with van der Waals surface area (Å²) in [6.45, 7) is 7.82. The van der Waals surface area contributed by atoms with Gasteiger partial charge in [-0.05, 0) is 36.6 Å². The van der Waals surface area contributed by atoms with Crippen LogP contribution in [0.2, 0.25) is 0 Å². The Morgan fingerprint density at radius 3 is 2.60 bits per heavy atom. The Labute approximate surface area is 149 Å². The van der Waals surface area contributed by atoms with Crippen molar-refractivity contribution < 1.29 is 22.7 Å². The smallest absolute Gasteiger partial charge is 0.257 e. The van der Waals surface area contributed by atoms with Crippen molar-refractivity contribution in [3.05, 3.63) is 23.8 Å². The third kappa shape index (κ3) is 5.42. The molecule has 0 spiro atoms. The molecule has 0 atom stereocenters. The van der Waals surface area contributed by atoms with E-state index in [2.05, 4.69) is 5.32 Å². The van der Waals surface area contributed by atoms with E-state index in [4.69, 9.17) is 9.47 Å². The van der Waals surface area contributed by atoms with E-state index in [-0.39, 0.29) is 17.4 Å². The average Bonchev–Trinajstić information content (AvgIpc) is 2.59. The molecule has 1 amide bonds. The van der Waals surface area contributed by atoms with E-state index in [1.54, 1.807) is 19.1 Å². The van der Waals surface area contributed by atoms with Crippen molar-refractivity contribution in [3.63, 3.8) is 0 Å². The first-order valence-corrected chi connectivity index (χ1v) is 9.82. The Balaban J connectivity index is 2.01. The normalized spacial score (nSPS) is 16.0. The molecule has 0 saturated carbocycles. The molecule has 1 fully saturated rings. The van der Waals surface area contributed by atoms with Crippen LogP contribution < -0.4 is 10.1 Å². The van der Waals surface area contributed by atoms with Crippen molar-refractivity contribution in [1.82, 2.24) is 9.62 Å². The van der Waals surface area contributed by atoms with E-state index in [0.29, 0.717) is 50.1 Å². The van der Waals surface area contributed by atoms with Crippen LogP contribution in [-0.4, -0.2) is 58.1 Å². The van der Waals surface area contributed by atoms with Crippen LogP contribution >= 0.6 is 0 Å². The molecule has 2 rings (SSSR count). The second-order valence-corrected chi connectivity index (χ2v) is 8.37. The maximum atomic E-state index is 12.6. The van der Waals surface area contributed by atoms with Crippen molar-refractivity contribution in [2.24, 2.45) is 5.92 Å². The lowest BCUT2D eigenvalue weighted by Crippen LogP contribution is -2.40. The van der Waals surface area contributed by atoms with Gasteiger partial charge in [0.15, 0.2) is 6.61 Å². The summed E-state index contributed by atoms with van der Waals surface area (Å²) in [7, 11) is -3.53. The molecule has 0 unspecified atom stereocenters. The molecule has 1 aromatic rings. The van der Waals surface area contributed by atoms with E-state index in [1.165, 1.54) is 10.4 Å². The van der Waals surface area contributed by atoms with Crippen LogP contribution in [0, 0.1) is 12.8 Å². The fourth-order valence-electron chi connectivity index (χ4n) is 2.39. The van der Waals surface area contributed by atoms with Crippen LogP contribution in [0.15, 0.2) is 23.1 Å². The highest BCUT2D eigenvalue weighted by Gasteiger charge is 2.26. The summed E-state index contributed by atoms with van der Waals surface area (Å²) in [4.78, 5) is 11.9. The van der Waals surface area contributed by atoms with E-state index in [9.17, 15) is 13.2 Å². The van der Waals surface area contributed by atoms with Gasteiger partial charge in [0.1, 0.15) is 5.75 Å². The van der Waals surface area contributed by atoms with E-state index < -0.39 is 10.0 Å². The Kier molecular flexibility index (Phi) is 6.80. The molecule has 0 bridgehead atoms. The van der Waals surface area contributed by atoms with Crippen molar-refractivity contribution in [1.29, 1.82) is 0 Å². The highest BCUT2D eigenvalue weighted by Crippen LogP contribution is 2.24. The van der Waals surface area contributed by atoms with Gasteiger partial charge < -0.3 is 14.8 Å². The van der Waals surface area contributed by atoms with Gasteiger partial charge in [0.2, 0.25) is 10.0 Å². The molecule has 7 nitrogen and oxygen atoms in total. The van der Waals surface area contributed by atoms with Gasteiger partial charge in [-0.15, -0.1) is 0 Å². The molecule has 1 saturated heterocycles. The fraction of sp³-hybridized carbons (Fsp3) is 0.588. The van der Waals surface area contributed by atoms with Crippen molar-refractivity contribution in [3.8, 4) is 5.75 Å². The molecule has 0 radical (unpaired) electrons. The lowest BCUT2D eigenvalue weighted by atomic mass is 10.2. The summed E-state index contributed by atoms with van der Waals surface area (Å²) in [6.07, 6.45) is 0. The second-order valence-electron chi connectivity index (χ2n) is 6.43. The third-order valence-electron chi connectivity index (χ3n) is 3.82. The highest BCUT2D eigenvalue weighted by molar-refractivity contribution is 7.89. The quantitative estimate of drug-likeness (QED) is 0.779. The van der Waals surface area contributed by atoms with Crippen molar-refractivity contribution in [2.45, 2.75) is 25.7 Å². The van der Waals surface area contributed by atoms with Gasteiger partial charge in [0.05, 0.1) is 18.1 Å². The van der Waals surface area contributed by atoms with Gasteiger partial charge in [0.25, 0.3) is 5.91 Å². The fourth-order valence-corrected chi connectivity index (χ4v) is 3.89. The van der Waals surface area contributed by atoms with Crippen LogP contribution in [0.1, 0.15) is 19.4 Å². The van der Waals surface area contributed by atoms with E-state index >= 15 is 0 Å². The molecule has 0 aliphatic carbocycles. The first-order valence-electron chi connectivity index (χ1n) is 8.38. The number of carbonyl (C=O) groups excluding carboxylic acids is 1. The Bertz CT molecular complexity index is 697. The number of hydrogen-bond donors (Lipinski definition) is 1. The van der Waals surface area contributed by atoms with E-state index in [0.717, 1.165) is 0 Å². The minimum Gasteiger partial charge on any atom is -0.484 e. The Morgan fingerprint density at radius 1 is 1.32 bits per heavy atom. The zero-order valence-electron chi connectivity index (χ0n) is 14.9. The number of aryl methyl sites for hydroxylation is 1. The highest BCUT2D eigenvalue weighted by atomic mass is 32.2. The molecule has 0 aromatic heterocycles. The van der Waals surface area contributed by atoms with Crippen LogP contribution in [0.5, 0.6) is 5.75 Å². The minimum absolute atomic E-state index is 0.0941. The van der Waals surface area contributed by atoms with Crippen LogP contribution in [-0.2, 0) is 19.6 Å². The largest absolute Gasteiger partial charge is 0.484 e. The lowest BCUT2D eigenvalue weighted by molar-refractivity contribution is -0.123. The molecule has 25 heavy (non-hydrogen) atoms. The molecular weight excluding hydrogens is 344 g/mol. The predicted octanol–water partition coefficient (Wildman–Crippen LogP) is 1.17. The Morgan fingerprint density at radius 2 is 2.00 bits per heavy atom. The number of ether oxygens (including phenoxy) is 2. The number of carbonyl (C=O) groups is 1. The maximum Gasteiger partial charge on any atom is 0.257 e. The molecule has 1 N–H and O–H groups in total. The number of rotatable bonds is 7. The summed E-state index contributed by atoms with van der Waals surface area (Å²) < 4.78 is 37.4. The van der Waals surface area contributed by atoms with Crippen molar-refractivity contribution in [2.75, 3.05) is 39.5 Å². The third-order valence-corrected chi connectivity index (χ3v) is 5.72. The van der Waals surface area contributed by atoms with Gasteiger partial charge >= 0.3 is 0 Å². The van der Waals surface area contributed by atoms with E-state index in [1.807, 2.05) is 13.8 Å². The summed E-state index contributed by atoms with van der Waals surface area (Å²) in [5, 5.41) is 2.77. The van der Waals surface area contributed by atoms with Crippen LogP contribution in [0.25, 0.3) is 0 Å². The van der Waals surface area contributed by atoms with Crippen molar-refractivity contribution >= 4 is 15.9 Å². The molecule has 140 valence electrons. The summed E-state index contributed by atoms with van der Waals surface area (Å²) in [5.41, 5.74) is 0.672. The summed E-state index contributed by atoms with van der Waals surface area (Å²) >= 11 is 0.